The average molecular weight is 357 g/mol. The standard InChI is InChI=1S/C19H23N3O4/c1-4-26-16-8-6-15(7-9-16)20-13-19(23)22-21-12-14-5-10-17(24-2)18(11-14)25-3/h5-12,20H,4,13H2,1-3H3,(H,22,23). The summed E-state index contributed by atoms with van der Waals surface area (Å²) in [6.07, 6.45) is 1.54. The Morgan fingerprint density at radius 2 is 1.81 bits per heavy atom. The number of carbonyl (C=O) groups excluding carboxylic acids is 1. The van der Waals surface area contributed by atoms with Crippen molar-refractivity contribution in [2.45, 2.75) is 6.92 Å². The molecule has 0 saturated heterocycles. The highest BCUT2D eigenvalue weighted by Crippen LogP contribution is 2.26. The lowest BCUT2D eigenvalue weighted by atomic mass is 10.2. The normalized spacial score (nSPS) is 10.4. The lowest BCUT2D eigenvalue weighted by Gasteiger charge is -2.08. The van der Waals surface area contributed by atoms with Crippen LogP contribution in [0.15, 0.2) is 47.6 Å². The summed E-state index contributed by atoms with van der Waals surface area (Å²) in [4.78, 5) is 11.8. The molecular formula is C19H23N3O4. The van der Waals surface area contributed by atoms with Gasteiger partial charge in [-0.1, -0.05) is 0 Å². The highest BCUT2D eigenvalue weighted by Gasteiger charge is 2.03. The van der Waals surface area contributed by atoms with Gasteiger partial charge in [0.1, 0.15) is 5.75 Å². The first-order valence-corrected chi connectivity index (χ1v) is 8.17. The second kappa shape index (κ2) is 9.93. The van der Waals surface area contributed by atoms with Gasteiger partial charge in [0.2, 0.25) is 0 Å². The van der Waals surface area contributed by atoms with Crippen LogP contribution in [0, 0.1) is 0 Å². The first-order chi connectivity index (χ1) is 12.7. The molecule has 0 unspecified atom stereocenters. The smallest absolute Gasteiger partial charge is 0.259 e. The van der Waals surface area contributed by atoms with Gasteiger partial charge in [-0.3, -0.25) is 4.79 Å². The summed E-state index contributed by atoms with van der Waals surface area (Å²) in [7, 11) is 3.14. The van der Waals surface area contributed by atoms with Crippen LogP contribution in [0.2, 0.25) is 0 Å². The Hall–Kier alpha value is -3.22. The van der Waals surface area contributed by atoms with Crippen molar-refractivity contribution in [2.75, 3.05) is 32.7 Å². The summed E-state index contributed by atoms with van der Waals surface area (Å²) in [6.45, 7) is 2.66. The van der Waals surface area contributed by atoms with Crippen molar-refractivity contribution in [3.05, 3.63) is 48.0 Å². The Balaban J connectivity index is 1.81. The SMILES string of the molecule is CCOc1ccc(NCC(=O)NN=Cc2ccc(OC)c(OC)c2)cc1. The predicted molar refractivity (Wildman–Crippen MR) is 101 cm³/mol. The maximum atomic E-state index is 11.8. The first kappa shape index (κ1) is 19.1. The molecular weight excluding hydrogens is 334 g/mol. The number of ether oxygens (including phenoxy) is 3. The summed E-state index contributed by atoms with van der Waals surface area (Å²) in [5, 5.41) is 6.96. The van der Waals surface area contributed by atoms with E-state index in [1.807, 2.05) is 37.3 Å². The van der Waals surface area contributed by atoms with Gasteiger partial charge in [-0.2, -0.15) is 5.10 Å². The molecule has 0 aliphatic heterocycles. The van der Waals surface area contributed by atoms with Gasteiger partial charge in [0, 0.05) is 5.69 Å². The predicted octanol–water partition coefficient (Wildman–Crippen LogP) is 2.66. The van der Waals surface area contributed by atoms with Crippen LogP contribution in [0.1, 0.15) is 12.5 Å². The van der Waals surface area contributed by atoms with E-state index < -0.39 is 0 Å². The van der Waals surface area contributed by atoms with Crippen LogP contribution in [0.25, 0.3) is 0 Å². The van der Waals surface area contributed by atoms with Crippen LogP contribution in [0.5, 0.6) is 17.2 Å². The van der Waals surface area contributed by atoms with Crippen LogP contribution in [0.3, 0.4) is 0 Å². The van der Waals surface area contributed by atoms with Crippen LogP contribution >= 0.6 is 0 Å². The summed E-state index contributed by atoms with van der Waals surface area (Å²) >= 11 is 0. The minimum absolute atomic E-state index is 0.108. The van der Waals surface area contributed by atoms with Crippen molar-refractivity contribution in [3.63, 3.8) is 0 Å². The topological polar surface area (TPSA) is 81.2 Å². The fourth-order valence-corrected chi connectivity index (χ4v) is 2.17. The average Bonchev–Trinajstić information content (AvgIpc) is 2.67. The number of benzene rings is 2. The Bertz CT molecular complexity index is 745. The molecule has 138 valence electrons. The van der Waals surface area contributed by atoms with Gasteiger partial charge in [0.15, 0.2) is 11.5 Å². The minimum atomic E-state index is -0.254. The maximum Gasteiger partial charge on any atom is 0.259 e. The molecule has 0 spiro atoms. The highest BCUT2D eigenvalue weighted by atomic mass is 16.5. The molecule has 0 aliphatic rings. The molecule has 1 amide bonds. The van der Waals surface area contributed by atoms with Crippen LogP contribution in [0.4, 0.5) is 5.69 Å². The van der Waals surface area contributed by atoms with E-state index in [4.69, 9.17) is 14.2 Å². The molecule has 0 fully saturated rings. The number of nitrogens with zero attached hydrogens (tertiary/aromatic N) is 1. The molecule has 26 heavy (non-hydrogen) atoms. The van der Waals surface area contributed by atoms with Crippen molar-refractivity contribution in [3.8, 4) is 17.2 Å². The van der Waals surface area contributed by atoms with Gasteiger partial charge >= 0.3 is 0 Å². The number of nitrogens with one attached hydrogen (secondary N) is 2. The third kappa shape index (κ3) is 5.70. The Kier molecular flexibility index (Phi) is 7.30. The molecule has 7 heteroatoms. The zero-order valence-electron chi connectivity index (χ0n) is 15.1. The van der Waals surface area contributed by atoms with Gasteiger partial charge in [-0.05, 0) is 55.0 Å². The summed E-state index contributed by atoms with van der Waals surface area (Å²) in [6, 6.07) is 12.8. The lowest BCUT2D eigenvalue weighted by Crippen LogP contribution is -2.25. The molecule has 2 aromatic rings. The second-order valence-electron chi connectivity index (χ2n) is 5.22. The van der Waals surface area contributed by atoms with E-state index in [1.165, 1.54) is 6.21 Å². The quantitative estimate of drug-likeness (QED) is 0.533. The molecule has 0 saturated carbocycles. The van der Waals surface area contributed by atoms with Gasteiger partial charge in [0.25, 0.3) is 5.91 Å². The van der Waals surface area contributed by atoms with Crippen molar-refractivity contribution in [1.29, 1.82) is 0 Å². The molecule has 2 rings (SSSR count). The summed E-state index contributed by atoms with van der Waals surface area (Å²) in [5.74, 6) is 1.77. The number of methoxy groups -OCH3 is 2. The molecule has 0 aromatic heterocycles. The lowest BCUT2D eigenvalue weighted by molar-refractivity contribution is -0.119. The number of rotatable bonds is 9. The van der Waals surface area contributed by atoms with Crippen molar-refractivity contribution in [1.82, 2.24) is 5.43 Å². The largest absolute Gasteiger partial charge is 0.494 e. The number of amides is 1. The monoisotopic (exact) mass is 357 g/mol. The zero-order valence-corrected chi connectivity index (χ0v) is 15.1. The summed E-state index contributed by atoms with van der Waals surface area (Å²) in [5.41, 5.74) is 4.08. The summed E-state index contributed by atoms with van der Waals surface area (Å²) < 4.78 is 15.8. The molecule has 2 aromatic carbocycles. The third-order valence-electron chi connectivity index (χ3n) is 3.43. The Labute approximate surface area is 153 Å². The van der Waals surface area contributed by atoms with Crippen LogP contribution in [-0.2, 0) is 4.79 Å². The van der Waals surface area contributed by atoms with E-state index in [1.54, 1.807) is 26.4 Å². The fourth-order valence-electron chi connectivity index (χ4n) is 2.17. The van der Waals surface area contributed by atoms with E-state index in [-0.39, 0.29) is 12.5 Å². The van der Waals surface area contributed by atoms with Gasteiger partial charge in [-0.15, -0.1) is 0 Å². The number of carbonyl (C=O) groups is 1. The highest BCUT2D eigenvalue weighted by molar-refractivity contribution is 5.84. The maximum absolute atomic E-state index is 11.8. The number of hydrazone groups is 1. The molecule has 0 aliphatic carbocycles. The number of hydrogen-bond donors (Lipinski definition) is 2. The van der Waals surface area contributed by atoms with Crippen molar-refractivity contribution >= 4 is 17.8 Å². The molecule has 7 nitrogen and oxygen atoms in total. The molecule has 0 bridgehead atoms. The van der Waals surface area contributed by atoms with Gasteiger partial charge in [0.05, 0.1) is 33.6 Å². The molecule has 2 N–H and O–H groups in total. The van der Waals surface area contributed by atoms with Crippen LogP contribution in [-0.4, -0.2) is 39.5 Å². The van der Waals surface area contributed by atoms with Crippen molar-refractivity contribution < 1.29 is 19.0 Å². The van der Waals surface area contributed by atoms with E-state index >= 15 is 0 Å². The molecule has 0 atom stereocenters. The first-order valence-electron chi connectivity index (χ1n) is 8.17. The van der Waals surface area contributed by atoms with E-state index in [2.05, 4.69) is 15.8 Å². The van der Waals surface area contributed by atoms with Gasteiger partial charge in [-0.25, -0.2) is 5.43 Å². The minimum Gasteiger partial charge on any atom is -0.494 e. The number of anilines is 1. The van der Waals surface area contributed by atoms with E-state index in [9.17, 15) is 4.79 Å². The van der Waals surface area contributed by atoms with Crippen molar-refractivity contribution in [2.24, 2.45) is 5.10 Å². The third-order valence-corrected chi connectivity index (χ3v) is 3.43. The number of hydrogen-bond acceptors (Lipinski definition) is 6. The van der Waals surface area contributed by atoms with E-state index in [0.29, 0.717) is 18.1 Å². The molecule has 0 radical (unpaired) electrons. The fraction of sp³-hybridized carbons (Fsp3) is 0.263. The van der Waals surface area contributed by atoms with Gasteiger partial charge < -0.3 is 19.5 Å². The molecule has 0 heterocycles. The zero-order chi connectivity index (χ0) is 18.8. The Morgan fingerprint density at radius 3 is 2.46 bits per heavy atom. The van der Waals surface area contributed by atoms with Crippen LogP contribution < -0.4 is 25.0 Å². The second-order valence-corrected chi connectivity index (χ2v) is 5.22. The Morgan fingerprint density at radius 1 is 1.08 bits per heavy atom. The van der Waals surface area contributed by atoms with E-state index in [0.717, 1.165) is 17.0 Å².